The first-order valence-electron chi connectivity index (χ1n) is 8.20. The van der Waals surface area contributed by atoms with Crippen LogP contribution in [0.3, 0.4) is 0 Å². The SMILES string of the molecule is CC(C)[Si](O[C@@H]1C[C@@H]2O[C@@H]2C[C@H]1N=[N+]=[N-])(C(C)C)C(C)C. The minimum Gasteiger partial charge on any atom is -0.413 e. The Labute approximate surface area is 129 Å². The van der Waals surface area contributed by atoms with Crippen LogP contribution in [0.25, 0.3) is 10.4 Å². The van der Waals surface area contributed by atoms with Crippen molar-refractivity contribution in [3.8, 4) is 0 Å². The molecule has 2 fully saturated rings. The van der Waals surface area contributed by atoms with Crippen LogP contribution in [0.15, 0.2) is 5.11 Å². The highest BCUT2D eigenvalue weighted by Crippen LogP contribution is 2.47. The normalized spacial score (nSPS) is 32.2. The fraction of sp³-hybridized carbons (Fsp3) is 1.00. The van der Waals surface area contributed by atoms with Gasteiger partial charge in [-0.25, -0.2) is 0 Å². The van der Waals surface area contributed by atoms with Crippen LogP contribution in [0, 0.1) is 0 Å². The standard InChI is InChI=1S/C15H29N3O2Si/c1-9(2)21(10(3)4,11(5)6)20-13-8-15-14(19-15)7-12(13)17-18-16/h9-15H,7-8H2,1-6H3/t12-,13-,14-,15+/m1/s1. The van der Waals surface area contributed by atoms with Gasteiger partial charge in [0.25, 0.3) is 0 Å². The van der Waals surface area contributed by atoms with Crippen LogP contribution >= 0.6 is 0 Å². The van der Waals surface area contributed by atoms with Crippen LogP contribution in [-0.2, 0) is 9.16 Å². The Morgan fingerprint density at radius 3 is 2.05 bits per heavy atom. The van der Waals surface area contributed by atoms with Gasteiger partial charge in [0.15, 0.2) is 0 Å². The summed E-state index contributed by atoms with van der Waals surface area (Å²) in [4.78, 5) is 3.03. The summed E-state index contributed by atoms with van der Waals surface area (Å²) in [6.07, 6.45) is 2.36. The Morgan fingerprint density at radius 1 is 1.05 bits per heavy atom. The molecule has 0 aromatic rings. The molecule has 0 N–H and O–H groups in total. The molecule has 6 heteroatoms. The quantitative estimate of drug-likeness (QED) is 0.233. The van der Waals surface area contributed by atoms with E-state index in [1.807, 2.05) is 0 Å². The van der Waals surface area contributed by atoms with E-state index in [1.165, 1.54) is 0 Å². The second-order valence-electron chi connectivity index (χ2n) is 7.43. The minimum atomic E-state index is -1.94. The summed E-state index contributed by atoms with van der Waals surface area (Å²) in [5.41, 5.74) is 10.5. The van der Waals surface area contributed by atoms with Crippen LogP contribution in [0.2, 0.25) is 16.6 Å². The van der Waals surface area contributed by atoms with E-state index in [2.05, 4.69) is 51.6 Å². The van der Waals surface area contributed by atoms with Crippen LogP contribution < -0.4 is 0 Å². The van der Waals surface area contributed by atoms with Gasteiger partial charge in [0.1, 0.15) is 0 Å². The lowest BCUT2D eigenvalue weighted by Crippen LogP contribution is -2.53. The number of azide groups is 1. The van der Waals surface area contributed by atoms with Crippen LogP contribution in [-0.4, -0.2) is 32.7 Å². The third-order valence-corrected chi connectivity index (χ3v) is 11.4. The Balaban J connectivity index is 2.23. The molecule has 4 atom stereocenters. The molecule has 1 aliphatic heterocycles. The summed E-state index contributed by atoms with van der Waals surface area (Å²) in [5, 5.41) is 4.00. The molecule has 0 amide bonds. The van der Waals surface area contributed by atoms with Gasteiger partial charge in [0.2, 0.25) is 8.32 Å². The zero-order valence-corrected chi connectivity index (χ0v) is 15.1. The third kappa shape index (κ3) is 3.14. The summed E-state index contributed by atoms with van der Waals surface area (Å²) in [5.74, 6) is 0. The molecule has 1 aliphatic carbocycles. The maximum absolute atomic E-state index is 8.84. The second-order valence-corrected chi connectivity index (χ2v) is 12.8. The molecule has 0 aromatic heterocycles. The van der Waals surface area contributed by atoms with Crippen molar-refractivity contribution in [1.82, 2.24) is 0 Å². The highest BCUT2D eigenvalue weighted by Gasteiger charge is 2.53. The number of rotatable bonds is 6. The molecule has 5 nitrogen and oxygen atoms in total. The van der Waals surface area contributed by atoms with Gasteiger partial charge in [-0.15, -0.1) is 0 Å². The predicted octanol–water partition coefficient (Wildman–Crippen LogP) is 4.79. The lowest BCUT2D eigenvalue weighted by molar-refractivity contribution is 0.121. The van der Waals surface area contributed by atoms with E-state index in [9.17, 15) is 0 Å². The van der Waals surface area contributed by atoms with Gasteiger partial charge in [0.05, 0.1) is 24.4 Å². The van der Waals surface area contributed by atoms with Gasteiger partial charge >= 0.3 is 0 Å². The molecule has 0 unspecified atom stereocenters. The van der Waals surface area contributed by atoms with E-state index in [0.29, 0.717) is 28.8 Å². The average Bonchev–Trinajstić information content (AvgIpc) is 3.12. The number of fused-ring (bicyclic) bond motifs is 1. The Bertz CT molecular complexity index is 399. The molecular formula is C15H29N3O2Si. The summed E-state index contributed by atoms with van der Waals surface area (Å²) in [6, 6.07) is -0.0677. The number of hydrogen-bond donors (Lipinski definition) is 0. The van der Waals surface area contributed by atoms with E-state index in [-0.39, 0.29) is 12.1 Å². The van der Waals surface area contributed by atoms with Gasteiger partial charge in [-0.2, -0.15) is 0 Å². The Hall–Kier alpha value is -0.553. The van der Waals surface area contributed by atoms with Crippen LogP contribution in [0.1, 0.15) is 54.4 Å². The Morgan fingerprint density at radius 2 is 1.57 bits per heavy atom. The molecule has 0 bridgehead atoms. The van der Waals surface area contributed by atoms with Crippen molar-refractivity contribution in [2.75, 3.05) is 0 Å². The van der Waals surface area contributed by atoms with E-state index in [4.69, 9.17) is 14.7 Å². The number of nitrogens with zero attached hydrogens (tertiary/aromatic N) is 3. The molecule has 1 saturated heterocycles. The Kier molecular flexibility index (Phi) is 5.03. The van der Waals surface area contributed by atoms with E-state index < -0.39 is 8.32 Å². The topological polar surface area (TPSA) is 70.5 Å². The van der Waals surface area contributed by atoms with Crippen molar-refractivity contribution in [3.05, 3.63) is 10.4 Å². The molecule has 0 spiro atoms. The van der Waals surface area contributed by atoms with E-state index >= 15 is 0 Å². The zero-order valence-electron chi connectivity index (χ0n) is 14.1. The summed E-state index contributed by atoms with van der Waals surface area (Å²) in [6.45, 7) is 13.7. The fourth-order valence-electron chi connectivity index (χ4n) is 4.35. The highest BCUT2D eigenvalue weighted by atomic mass is 28.4. The number of ether oxygens (including phenoxy) is 1. The monoisotopic (exact) mass is 311 g/mol. The van der Waals surface area contributed by atoms with Crippen molar-refractivity contribution in [1.29, 1.82) is 0 Å². The van der Waals surface area contributed by atoms with Gasteiger partial charge in [0, 0.05) is 11.3 Å². The molecular weight excluding hydrogens is 282 g/mol. The van der Waals surface area contributed by atoms with Crippen molar-refractivity contribution < 1.29 is 9.16 Å². The molecule has 120 valence electrons. The maximum atomic E-state index is 8.84. The van der Waals surface area contributed by atoms with E-state index in [1.54, 1.807) is 0 Å². The van der Waals surface area contributed by atoms with Gasteiger partial charge in [-0.3, -0.25) is 0 Å². The van der Waals surface area contributed by atoms with Crippen LogP contribution in [0.4, 0.5) is 0 Å². The molecule has 1 saturated carbocycles. The van der Waals surface area contributed by atoms with Gasteiger partial charge in [-0.05, 0) is 28.6 Å². The summed E-state index contributed by atoms with van der Waals surface area (Å²) in [7, 11) is -1.94. The van der Waals surface area contributed by atoms with Crippen molar-refractivity contribution >= 4 is 8.32 Å². The average molecular weight is 312 g/mol. The number of epoxide rings is 1. The van der Waals surface area contributed by atoms with Crippen molar-refractivity contribution in [2.45, 2.75) is 95.4 Å². The zero-order chi connectivity index (χ0) is 15.8. The smallest absolute Gasteiger partial charge is 0.200 e. The van der Waals surface area contributed by atoms with Crippen molar-refractivity contribution in [2.24, 2.45) is 5.11 Å². The molecule has 0 radical (unpaired) electrons. The molecule has 2 rings (SSSR count). The third-order valence-electron chi connectivity index (χ3n) is 5.32. The molecule has 1 heterocycles. The summed E-state index contributed by atoms with van der Waals surface area (Å²) >= 11 is 0. The largest absolute Gasteiger partial charge is 0.413 e. The lowest BCUT2D eigenvalue weighted by atomic mass is 9.93. The van der Waals surface area contributed by atoms with Gasteiger partial charge < -0.3 is 9.16 Å². The van der Waals surface area contributed by atoms with Crippen LogP contribution in [0.5, 0.6) is 0 Å². The second kappa shape index (κ2) is 6.29. The first-order valence-corrected chi connectivity index (χ1v) is 10.3. The predicted molar refractivity (Wildman–Crippen MR) is 86.8 cm³/mol. The van der Waals surface area contributed by atoms with Gasteiger partial charge in [-0.1, -0.05) is 46.7 Å². The molecule has 21 heavy (non-hydrogen) atoms. The highest BCUT2D eigenvalue weighted by molar-refractivity contribution is 6.77. The van der Waals surface area contributed by atoms with E-state index in [0.717, 1.165) is 12.8 Å². The number of hydrogen-bond acceptors (Lipinski definition) is 3. The first-order chi connectivity index (χ1) is 9.82. The fourth-order valence-corrected chi connectivity index (χ4v) is 9.95. The minimum absolute atomic E-state index is 0.0310. The maximum Gasteiger partial charge on any atom is 0.200 e. The lowest BCUT2D eigenvalue weighted by Gasteiger charge is -2.46. The summed E-state index contributed by atoms with van der Waals surface area (Å²) < 4.78 is 12.5. The molecule has 0 aromatic carbocycles. The van der Waals surface area contributed by atoms with Crippen molar-refractivity contribution in [3.63, 3.8) is 0 Å². The first kappa shape index (κ1) is 16.8. The molecule has 2 aliphatic rings.